The molecule has 180 valence electrons. The number of carbonyl (C=O) groups excluding carboxylic acids is 2. The lowest BCUT2D eigenvalue weighted by molar-refractivity contribution is -0.122. The second-order valence-corrected chi connectivity index (χ2v) is 10.9. The van der Waals surface area contributed by atoms with Gasteiger partial charge in [-0.25, -0.2) is 8.42 Å². The van der Waals surface area contributed by atoms with Crippen molar-refractivity contribution < 1.29 is 18.0 Å². The number of nitrogens with zero attached hydrogens (tertiary/aromatic N) is 3. The number of piperazine rings is 2. The molecule has 1 saturated carbocycles. The van der Waals surface area contributed by atoms with Crippen LogP contribution in [0.3, 0.4) is 0 Å². The lowest BCUT2D eigenvalue weighted by Gasteiger charge is -2.36. The second kappa shape index (κ2) is 9.36. The van der Waals surface area contributed by atoms with E-state index in [1.165, 1.54) is 31.0 Å². The van der Waals surface area contributed by atoms with E-state index in [9.17, 15) is 18.0 Å². The molecule has 3 fully saturated rings. The zero-order valence-corrected chi connectivity index (χ0v) is 19.8. The highest BCUT2D eigenvalue weighted by atomic mass is 32.2. The van der Waals surface area contributed by atoms with E-state index < -0.39 is 10.0 Å². The normalized spacial score (nSPS) is 20.1. The Kier molecular flexibility index (Phi) is 6.28. The van der Waals surface area contributed by atoms with Crippen LogP contribution >= 0.6 is 0 Å². The molecule has 9 nitrogen and oxygen atoms in total. The van der Waals surface area contributed by atoms with Gasteiger partial charge < -0.3 is 15.5 Å². The number of carbonyl (C=O) groups is 2. The molecule has 3 aliphatic rings. The summed E-state index contributed by atoms with van der Waals surface area (Å²) in [7, 11) is -3.86. The first-order valence-corrected chi connectivity index (χ1v) is 13.1. The van der Waals surface area contributed by atoms with Gasteiger partial charge in [0.05, 0.1) is 11.4 Å². The van der Waals surface area contributed by atoms with Crippen molar-refractivity contribution in [3.63, 3.8) is 0 Å². The predicted octanol–water partition coefficient (Wildman–Crippen LogP) is 1.34. The molecular weight excluding hydrogens is 454 g/mol. The van der Waals surface area contributed by atoms with Gasteiger partial charge in [0.25, 0.3) is 5.91 Å². The maximum Gasteiger partial charge on any atom is 0.255 e. The fourth-order valence-electron chi connectivity index (χ4n) is 4.51. The Morgan fingerprint density at radius 3 is 2.38 bits per heavy atom. The Morgan fingerprint density at radius 2 is 1.71 bits per heavy atom. The van der Waals surface area contributed by atoms with Crippen LogP contribution in [0.15, 0.2) is 53.4 Å². The van der Waals surface area contributed by atoms with Crippen LogP contribution in [0.1, 0.15) is 23.2 Å². The van der Waals surface area contributed by atoms with E-state index in [0.717, 1.165) is 42.2 Å². The first-order valence-electron chi connectivity index (χ1n) is 11.7. The van der Waals surface area contributed by atoms with Crippen molar-refractivity contribution >= 4 is 33.2 Å². The van der Waals surface area contributed by atoms with Crippen LogP contribution in [0.4, 0.5) is 11.4 Å². The molecule has 0 unspecified atom stereocenters. The van der Waals surface area contributed by atoms with Crippen molar-refractivity contribution in [1.82, 2.24) is 14.5 Å². The molecule has 0 aromatic heterocycles. The van der Waals surface area contributed by atoms with Crippen molar-refractivity contribution in [1.29, 1.82) is 0 Å². The minimum atomic E-state index is -3.86. The van der Waals surface area contributed by atoms with Crippen molar-refractivity contribution in [3.05, 3.63) is 54.1 Å². The molecule has 10 heteroatoms. The average Bonchev–Trinajstić information content (AvgIpc) is 3.70. The lowest BCUT2D eigenvalue weighted by Crippen LogP contribution is -2.49. The minimum absolute atomic E-state index is 0.00413. The van der Waals surface area contributed by atoms with E-state index in [1.807, 2.05) is 24.3 Å². The van der Waals surface area contributed by atoms with Crippen LogP contribution in [0, 0.1) is 0 Å². The van der Waals surface area contributed by atoms with E-state index in [-0.39, 0.29) is 41.9 Å². The molecule has 2 aromatic carbocycles. The first-order chi connectivity index (χ1) is 16.4. The summed E-state index contributed by atoms with van der Waals surface area (Å²) in [6, 6.07) is 14.5. The van der Waals surface area contributed by atoms with Gasteiger partial charge in [-0.15, -0.1) is 0 Å². The first kappa shape index (κ1) is 22.8. The highest BCUT2D eigenvalue weighted by Gasteiger charge is 2.31. The van der Waals surface area contributed by atoms with Crippen molar-refractivity contribution in [2.45, 2.75) is 23.8 Å². The molecule has 0 spiro atoms. The maximum absolute atomic E-state index is 12.9. The SMILES string of the molecule is O=C1CN(S(=O)(=O)c2cccc(C(=O)Nc3ccc(N4CCN(C5CC5)CC4)cc3)c2)CCN1. The summed E-state index contributed by atoms with van der Waals surface area (Å²) in [5.41, 5.74) is 2.02. The van der Waals surface area contributed by atoms with Crippen LogP contribution in [0.2, 0.25) is 0 Å². The molecule has 2 heterocycles. The fourth-order valence-corrected chi connectivity index (χ4v) is 5.95. The van der Waals surface area contributed by atoms with Gasteiger partial charge in [0.15, 0.2) is 0 Å². The van der Waals surface area contributed by atoms with Gasteiger partial charge in [-0.3, -0.25) is 14.5 Å². The average molecular weight is 484 g/mol. The van der Waals surface area contributed by atoms with Gasteiger partial charge in [-0.05, 0) is 55.3 Å². The second-order valence-electron chi connectivity index (χ2n) is 8.97. The monoisotopic (exact) mass is 483 g/mol. The molecule has 2 amide bonds. The number of nitrogens with one attached hydrogen (secondary N) is 2. The number of anilines is 2. The van der Waals surface area contributed by atoms with E-state index in [4.69, 9.17) is 0 Å². The zero-order chi connectivity index (χ0) is 23.7. The van der Waals surface area contributed by atoms with Crippen LogP contribution < -0.4 is 15.5 Å². The third-order valence-corrected chi connectivity index (χ3v) is 8.45. The van der Waals surface area contributed by atoms with Crippen LogP contribution in [0.5, 0.6) is 0 Å². The Hall–Kier alpha value is -2.95. The molecule has 0 bridgehead atoms. The topological polar surface area (TPSA) is 102 Å². The van der Waals surface area contributed by atoms with Crippen LogP contribution in [-0.2, 0) is 14.8 Å². The summed E-state index contributed by atoms with van der Waals surface area (Å²) < 4.78 is 27.0. The quantitative estimate of drug-likeness (QED) is 0.643. The third kappa shape index (κ3) is 4.94. The van der Waals surface area contributed by atoms with Crippen LogP contribution in [-0.4, -0.2) is 81.3 Å². The molecular formula is C24H29N5O4S. The number of benzene rings is 2. The third-order valence-electron chi connectivity index (χ3n) is 6.61. The number of amides is 2. The number of rotatable bonds is 6. The Labute approximate surface area is 199 Å². The molecule has 0 atom stereocenters. The number of hydrogen-bond acceptors (Lipinski definition) is 6. The zero-order valence-electron chi connectivity index (χ0n) is 18.9. The Morgan fingerprint density at radius 1 is 0.971 bits per heavy atom. The molecule has 5 rings (SSSR count). The predicted molar refractivity (Wildman–Crippen MR) is 129 cm³/mol. The summed E-state index contributed by atoms with van der Waals surface area (Å²) in [4.78, 5) is 29.4. The fraction of sp³-hybridized carbons (Fsp3) is 0.417. The summed E-state index contributed by atoms with van der Waals surface area (Å²) in [6.07, 6.45) is 2.66. The van der Waals surface area contributed by atoms with Gasteiger partial charge in [-0.1, -0.05) is 6.07 Å². The maximum atomic E-state index is 12.9. The molecule has 2 aromatic rings. The van der Waals surface area contributed by atoms with Crippen molar-refractivity contribution in [2.75, 3.05) is 56.0 Å². The summed E-state index contributed by atoms with van der Waals surface area (Å²) in [5.74, 6) is -0.726. The molecule has 1 aliphatic carbocycles. The van der Waals surface area contributed by atoms with Gasteiger partial charge in [0, 0.05) is 62.2 Å². The van der Waals surface area contributed by atoms with Gasteiger partial charge in [0.2, 0.25) is 15.9 Å². The summed E-state index contributed by atoms with van der Waals surface area (Å²) >= 11 is 0. The number of hydrogen-bond donors (Lipinski definition) is 2. The van der Waals surface area contributed by atoms with Gasteiger partial charge in [0.1, 0.15) is 0 Å². The van der Waals surface area contributed by atoms with Crippen molar-refractivity contribution in [2.24, 2.45) is 0 Å². The Balaban J connectivity index is 1.22. The van der Waals surface area contributed by atoms with Gasteiger partial charge >= 0.3 is 0 Å². The highest BCUT2D eigenvalue weighted by Crippen LogP contribution is 2.29. The largest absolute Gasteiger partial charge is 0.369 e. The Bertz CT molecular complexity index is 1170. The minimum Gasteiger partial charge on any atom is -0.369 e. The molecule has 2 N–H and O–H groups in total. The standard InChI is InChI=1S/C24H29N5O4S/c30-23-17-29(11-10-25-23)34(32,33)22-3-1-2-18(16-22)24(31)26-19-4-6-20(7-5-19)27-12-14-28(15-13-27)21-8-9-21/h1-7,16,21H,8-15,17H2,(H,25,30)(H,26,31). The van der Waals surface area contributed by atoms with Gasteiger partial charge in [-0.2, -0.15) is 4.31 Å². The van der Waals surface area contributed by atoms with Crippen molar-refractivity contribution in [3.8, 4) is 0 Å². The molecule has 2 saturated heterocycles. The van der Waals surface area contributed by atoms with Crippen LogP contribution in [0.25, 0.3) is 0 Å². The van der Waals surface area contributed by atoms with E-state index >= 15 is 0 Å². The van der Waals surface area contributed by atoms with E-state index in [1.54, 1.807) is 6.07 Å². The smallest absolute Gasteiger partial charge is 0.255 e. The van der Waals surface area contributed by atoms with E-state index in [2.05, 4.69) is 20.4 Å². The number of sulfonamides is 1. The molecule has 34 heavy (non-hydrogen) atoms. The van der Waals surface area contributed by atoms with E-state index in [0.29, 0.717) is 5.69 Å². The molecule has 0 radical (unpaired) electrons. The molecule has 2 aliphatic heterocycles. The summed E-state index contributed by atoms with van der Waals surface area (Å²) in [5, 5.41) is 5.46. The highest BCUT2D eigenvalue weighted by molar-refractivity contribution is 7.89. The lowest BCUT2D eigenvalue weighted by atomic mass is 10.2. The summed E-state index contributed by atoms with van der Waals surface area (Å²) in [6.45, 7) is 4.43.